The minimum absolute atomic E-state index is 0.196. The Hall–Kier alpha value is -2.87. The highest BCUT2D eigenvalue weighted by molar-refractivity contribution is 7.13. The molecule has 0 unspecified atom stereocenters. The number of nitrogens with zero attached hydrogens (tertiary/aromatic N) is 2. The summed E-state index contributed by atoms with van der Waals surface area (Å²) in [6, 6.07) is 16.1. The van der Waals surface area contributed by atoms with Crippen LogP contribution in [0.25, 0.3) is 10.7 Å². The maximum absolute atomic E-state index is 12.4. The van der Waals surface area contributed by atoms with Crippen LogP contribution in [0.5, 0.6) is 5.75 Å². The summed E-state index contributed by atoms with van der Waals surface area (Å²) in [4.78, 5) is 17.7. The maximum atomic E-state index is 12.4. The van der Waals surface area contributed by atoms with Gasteiger partial charge in [0, 0.05) is 10.7 Å². The molecule has 0 radical (unpaired) electrons. The Bertz CT molecular complexity index is 1160. The van der Waals surface area contributed by atoms with Gasteiger partial charge in [0.1, 0.15) is 5.75 Å². The number of nitrogens with one attached hydrogen (secondary N) is 1. The SMILES string of the molecule is O=C(COc1ccc(Cl)cc1Cl)Nc1ccccc1Cc1nc(-c2cccs2)no1. The number of benzene rings is 2. The first-order valence-corrected chi connectivity index (χ1v) is 10.5. The lowest BCUT2D eigenvalue weighted by Gasteiger charge is -2.11. The highest BCUT2D eigenvalue weighted by Crippen LogP contribution is 2.28. The Kier molecular flexibility index (Phi) is 6.32. The minimum Gasteiger partial charge on any atom is -0.482 e. The van der Waals surface area contributed by atoms with Gasteiger partial charge in [0.15, 0.2) is 6.61 Å². The van der Waals surface area contributed by atoms with Crippen molar-refractivity contribution in [1.29, 1.82) is 0 Å². The molecule has 0 aliphatic rings. The number of ether oxygens (including phenoxy) is 1. The van der Waals surface area contributed by atoms with E-state index in [1.807, 2.05) is 35.7 Å². The quantitative estimate of drug-likeness (QED) is 0.382. The van der Waals surface area contributed by atoms with E-state index in [2.05, 4.69) is 15.5 Å². The van der Waals surface area contributed by atoms with Crippen molar-refractivity contribution in [3.63, 3.8) is 0 Å². The van der Waals surface area contributed by atoms with Crippen molar-refractivity contribution >= 4 is 46.1 Å². The topological polar surface area (TPSA) is 77.2 Å². The van der Waals surface area contributed by atoms with E-state index in [4.69, 9.17) is 32.5 Å². The molecule has 0 spiro atoms. The van der Waals surface area contributed by atoms with Gasteiger partial charge in [-0.25, -0.2) is 0 Å². The van der Waals surface area contributed by atoms with Crippen LogP contribution in [0, 0.1) is 0 Å². The number of hydrogen-bond donors (Lipinski definition) is 1. The predicted octanol–water partition coefficient (Wildman–Crippen LogP) is 5.71. The molecule has 152 valence electrons. The molecule has 30 heavy (non-hydrogen) atoms. The maximum Gasteiger partial charge on any atom is 0.262 e. The summed E-state index contributed by atoms with van der Waals surface area (Å²) in [5.74, 6) is 1.08. The van der Waals surface area contributed by atoms with Crippen LogP contribution in [-0.4, -0.2) is 22.7 Å². The van der Waals surface area contributed by atoms with Gasteiger partial charge in [-0.2, -0.15) is 4.98 Å². The fraction of sp³-hybridized carbons (Fsp3) is 0.0952. The zero-order valence-corrected chi connectivity index (χ0v) is 17.8. The van der Waals surface area contributed by atoms with Gasteiger partial charge in [0.25, 0.3) is 5.91 Å². The molecule has 2 heterocycles. The van der Waals surface area contributed by atoms with Crippen molar-refractivity contribution < 1.29 is 14.1 Å². The molecule has 0 fully saturated rings. The van der Waals surface area contributed by atoms with E-state index in [9.17, 15) is 4.79 Å². The van der Waals surface area contributed by atoms with Crippen LogP contribution in [0.4, 0.5) is 5.69 Å². The molecule has 0 atom stereocenters. The summed E-state index contributed by atoms with van der Waals surface area (Å²) < 4.78 is 10.8. The molecule has 2 aromatic heterocycles. The molecular formula is C21H15Cl2N3O3S. The van der Waals surface area contributed by atoms with Gasteiger partial charge in [-0.3, -0.25) is 4.79 Å². The standard InChI is InChI=1S/C21H15Cl2N3O3S/c22-14-7-8-17(15(23)11-14)28-12-19(27)24-16-5-2-1-4-13(16)10-20-25-21(26-29-20)18-6-3-9-30-18/h1-9,11H,10,12H2,(H,24,27). The first-order chi connectivity index (χ1) is 14.6. The predicted molar refractivity (Wildman–Crippen MR) is 117 cm³/mol. The summed E-state index contributed by atoms with van der Waals surface area (Å²) in [7, 11) is 0. The van der Waals surface area contributed by atoms with E-state index in [1.165, 1.54) is 11.3 Å². The van der Waals surface area contributed by atoms with Gasteiger partial charge in [-0.05, 0) is 41.3 Å². The molecular weight excluding hydrogens is 445 g/mol. The third kappa shape index (κ3) is 4.99. The van der Waals surface area contributed by atoms with Crippen LogP contribution < -0.4 is 10.1 Å². The van der Waals surface area contributed by atoms with Crippen LogP contribution in [0.15, 0.2) is 64.5 Å². The highest BCUT2D eigenvalue weighted by atomic mass is 35.5. The summed E-state index contributed by atoms with van der Waals surface area (Å²) in [5.41, 5.74) is 1.49. The Morgan fingerprint density at radius 1 is 1.13 bits per heavy atom. The molecule has 1 amide bonds. The average Bonchev–Trinajstić information content (AvgIpc) is 3.41. The lowest BCUT2D eigenvalue weighted by atomic mass is 10.1. The van der Waals surface area contributed by atoms with Crippen molar-refractivity contribution in [2.75, 3.05) is 11.9 Å². The van der Waals surface area contributed by atoms with E-state index >= 15 is 0 Å². The van der Waals surface area contributed by atoms with Gasteiger partial charge in [-0.15, -0.1) is 11.3 Å². The van der Waals surface area contributed by atoms with E-state index in [0.717, 1.165) is 10.4 Å². The third-order valence-corrected chi connectivity index (χ3v) is 5.49. The monoisotopic (exact) mass is 459 g/mol. The lowest BCUT2D eigenvalue weighted by Crippen LogP contribution is -2.21. The number of halogens is 2. The second-order valence-corrected chi connectivity index (χ2v) is 8.03. The average molecular weight is 460 g/mol. The number of carbonyl (C=O) groups is 1. The Labute approximate surface area is 186 Å². The smallest absolute Gasteiger partial charge is 0.262 e. The zero-order valence-electron chi connectivity index (χ0n) is 15.5. The molecule has 1 N–H and O–H groups in total. The number of amides is 1. The van der Waals surface area contributed by atoms with E-state index < -0.39 is 0 Å². The minimum atomic E-state index is -0.321. The van der Waals surface area contributed by atoms with Crippen LogP contribution in [0.1, 0.15) is 11.5 Å². The van der Waals surface area contributed by atoms with E-state index in [1.54, 1.807) is 24.3 Å². The fourth-order valence-corrected chi connectivity index (χ4v) is 3.83. The van der Waals surface area contributed by atoms with Crippen molar-refractivity contribution in [3.05, 3.63) is 81.5 Å². The fourth-order valence-electron chi connectivity index (χ4n) is 2.71. The largest absolute Gasteiger partial charge is 0.482 e. The Morgan fingerprint density at radius 2 is 2.00 bits per heavy atom. The van der Waals surface area contributed by atoms with Crippen molar-refractivity contribution in [2.24, 2.45) is 0 Å². The Morgan fingerprint density at radius 3 is 2.80 bits per heavy atom. The highest BCUT2D eigenvalue weighted by Gasteiger charge is 2.14. The normalized spacial score (nSPS) is 10.7. The molecule has 4 aromatic rings. The van der Waals surface area contributed by atoms with Crippen molar-refractivity contribution in [3.8, 4) is 16.5 Å². The van der Waals surface area contributed by atoms with Gasteiger partial charge >= 0.3 is 0 Å². The molecule has 9 heteroatoms. The Balaban J connectivity index is 1.41. The van der Waals surface area contributed by atoms with Crippen LogP contribution in [-0.2, 0) is 11.2 Å². The summed E-state index contributed by atoms with van der Waals surface area (Å²) >= 11 is 13.5. The molecule has 0 saturated carbocycles. The number of para-hydroxylation sites is 1. The number of carbonyl (C=O) groups excluding carboxylic acids is 1. The molecule has 0 saturated heterocycles. The second kappa shape index (κ2) is 9.30. The number of aromatic nitrogens is 2. The molecule has 0 aliphatic heterocycles. The number of anilines is 1. The molecule has 6 nitrogen and oxygen atoms in total. The number of rotatable bonds is 7. The number of thiophene rings is 1. The molecule has 0 bridgehead atoms. The van der Waals surface area contributed by atoms with Gasteiger partial charge in [0.2, 0.25) is 11.7 Å². The van der Waals surface area contributed by atoms with E-state index in [0.29, 0.717) is 39.6 Å². The summed E-state index contributed by atoms with van der Waals surface area (Å²) in [6.07, 6.45) is 0.388. The van der Waals surface area contributed by atoms with Crippen LogP contribution in [0.2, 0.25) is 10.0 Å². The second-order valence-electron chi connectivity index (χ2n) is 6.23. The molecule has 4 rings (SSSR count). The first kappa shape index (κ1) is 20.4. The number of hydrogen-bond acceptors (Lipinski definition) is 6. The molecule has 0 aliphatic carbocycles. The van der Waals surface area contributed by atoms with Crippen molar-refractivity contribution in [2.45, 2.75) is 6.42 Å². The lowest BCUT2D eigenvalue weighted by molar-refractivity contribution is -0.118. The summed E-state index contributed by atoms with van der Waals surface area (Å²) in [5, 5.41) is 9.65. The third-order valence-electron chi connectivity index (χ3n) is 4.10. The van der Waals surface area contributed by atoms with Crippen molar-refractivity contribution in [1.82, 2.24) is 10.1 Å². The first-order valence-electron chi connectivity index (χ1n) is 8.90. The van der Waals surface area contributed by atoms with Gasteiger partial charge < -0.3 is 14.6 Å². The molecule has 2 aromatic carbocycles. The van der Waals surface area contributed by atoms with Crippen LogP contribution >= 0.6 is 34.5 Å². The van der Waals surface area contributed by atoms with Crippen LogP contribution in [0.3, 0.4) is 0 Å². The van der Waals surface area contributed by atoms with E-state index in [-0.39, 0.29) is 12.5 Å². The van der Waals surface area contributed by atoms with Gasteiger partial charge in [0.05, 0.1) is 16.3 Å². The van der Waals surface area contributed by atoms with Gasteiger partial charge in [-0.1, -0.05) is 52.6 Å². The summed E-state index contributed by atoms with van der Waals surface area (Å²) in [6.45, 7) is -0.196. The zero-order chi connectivity index (χ0) is 20.9.